The summed E-state index contributed by atoms with van der Waals surface area (Å²) in [6, 6.07) is 4.65. The summed E-state index contributed by atoms with van der Waals surface area (Å²) < 4.78 is 43.5. The number of alkyl halides is 3. The van der Waals surface area contributed by atoms with E-state index in [-0.39, 0.29) is 30.2 Å². The Labute approximate surface area is 133 Å². The number of morpholine rings is 1. The van der Waals surface area contributed by atoms with Crippen molar-refractivity contribution in [2.24, 2.45) is 0 Å². The van der Waals surface area contributed by atoms with Gasteiger partial charge in [-0.25, -0.2) is 0 Å². The van der Waals surface area contributed by atoms with Gasteiger partial charge in [-0.3, -0.25) is 9.69 Å². The fourth-order valence-corrected chi connectivity index (χ4v) is 2.72. The Kier molecular flexibility index (Phi) is 5.64. The van der Waals surface area contributed by atoms with Gasteiger partial charge in [0.05, 0.1) is 17.8 Å². The second-order valence-electron chi connectivity index (χ2n) is 5.89. The Bertz CT molecular complexity index is 538. The first-order chi connectivity index (χ1) is 10.7. The van der Waals surface area contributed by atoms with Crippen molar-refractivity contribution in [3.05, 3.63) is 29.8 Å². The quantitative estimate of drug-likeness (QED) is 0.922. The number of halogens is 3. The largest absolute Gasteiger partial charge is 0.416 e. The molecule has 4 nitrogen and oxygen atoms in total. The number of hydrogen-bond acceptors (Lipinski definition) is 3. The molecule has 1 aliphatic rings. The lowest BCUT2D eigenvalue weighted by atomic mass is 10.2. The van der Waals surface area contributed by atoms with E-state index in [4.69, 9.17) is 4.74 Å². The highest BCUT2D eigenvalue weighted by molar-refractivity contribution is 5.90. The van der Waals surface area contributed by atoms with Crippen molar-refractivity contribution in [1.82, 2.24) is 4.90 Å². The number of nitrogens with zero attached hydrogens (tertiary/aromatic N) is 1. The second kappa shape index (κ2) is 7.31. The normalized spacial score (nSPS) is 22.8. The predicted octanol–water partition coefficient (Wildman–Crippen LogP) is 3.14. The fraction of sp³-hybridized carbons (Fsp3) is 0.562. The maximum absolute atomic E-state index is 12.6. The van der Waals surface area contributed by atoms with E-state index in [1.54, 1.807) is 0 Å². The van der Waals surface area contributed by atoms with E-state index < -0.39 is 11.7 Å². The molecule has 2 unspecified atom stereocenters. The van der Waals surface area contributed by atoms with Gasteiger partial charge in [-0.2, -0.15) is 13.2 Å². The number of amides is 1. The molecule has 0 aliphatic carbocycles. The highest BCUT2D eigenvalue weighted by Gasteiger charge is 2.30. The zero-order chi connectivity index (χ0) is 17.0. The molecule has 1 aromatic carbocycles. The molecular weight excluding hydrogens is 309 g/mol. The fourth-order valence-electron chi connectivity index (χ4n) is 2.72. The molecule has 0 saturated carbocycles. The Hall–Kier alpha value is -1.60. The first-order valence-corrected chi connectivity index (χ1v) is 7.59. The van der Waals surface area contributed by atoms with Crippen molar-refractivity contribution >= 4 is 11.6 Å². The number of benzene rings is 1. The van der Waals surface area contributed by atoms with Gasteiger partial charge in [0.2, 0.25) is 5.91 Å². The van der Waals surface area contributed by atoms with Crippen molar-refractivity contribution in [2.45, 2.75) is 38.7 Å². The van der Waals surface area contributed by atoms with Crippen LogP contribution < -0.4 is 5.32 Å². The molecule has 23 heavy (non-hydrogen) atoms. The van der Waals surface area contributed by atoms with Crippen LogP contribution in [0.3, 0.4) is 0 Å². The molecule has 0 aromatic heterocycles. The molecule has 1 heterocycles. The van der Waals surface area contributed by atoms with E-state index in [1.165, 1.54) is 12.1 Å². The maximum Gasteiger partial charge on any atom is 0.416 e. The summed E-state index contributed by atoms with van der Waals surface area (Å²) in [4.78, 5) is 14.1. The Morgan fingerprint density at radius 3 is 2.57 bits per heavy atom. The Morgan fingerprint density at radius 1 is 1.30 bits per heavy atom. The molecule has 2 atom stereocenters. The predicted molar refractivity (Wildman–Crippen MR) is 81.1 cm³/mol. The highest BCUT2D eigenvalue weighted by Crippen LogP contribution is 2.30. The van der Waals surface area contributed by atoms with E-state index in [0.717, 1.165) is 25.2 Å². The van der Waals surface area contributed by atoms with Gasteiger partial charge in [-0.05, 0) is 32.0 Å². The van der Waals surface area contributed by atoms with Crippen molar-refractivity contribution in [1.29, 1.82) is 0 Å². The van der Waals surface area contributed by atoms with Crippen LogP contribution in [0.25, 0.3) is 0 Å². The van der Waals surface area contributed by atoms with Crippen molar-refractivity contribution < 1.29 is 22.7 Å². The van der Waals surface area contributed by atoms with Crippen molar-refractivity contribution in [3.63, 3.8) is 0 Å². The lowest BCUT2D eigenvalue weighted by Gasteiger charge is -2.35. The Balaban J connectivity index is 1.85. The molecular formula is C16H21F3N2O2. The molecule has 7 heteroatoms. The van der Waals surface area contributed by atoms with Gasteiger partial charge in [-0.1, -0.05) is 6.07 Å². The molecule has 1 aliphatic heterocycles. The smallest absolute Gasteiger partial charge is 0.373 e. The number of nitrogens with one attached hydrogen (secondary N) is 1. The summed E-state index contributed by atoms with van der Waals surface area (Å²) in [7, 11) is 0. The molecule has 0 radical (unpaired) electrons. The number of anilines is 1. The van der Waals surface area contributed by atoms with Gasteiger partial charge < -0.3 is 10.1 Å². The minimum atomic E-state index is -4.42. The first-order valence-electron chi connectivity index (χ1n) is 7.59. The van der Waals surface area contributed by atoms with Gasteiger partial charge in [0.15, 0.2) is 0 Å². The lowest BCUT2D eigenvalue weighted by molar-refractivity contribution is -0.137. The monoisotopic (exact) mass is 330 g/mol. The third-order valence-corrected chi connectivity index (χ3v) is 3.62. The van der Waals surface area contributed by atoms with Gasteiger partial charge in [0.1, 0.15) is 0 Å². The average molecular weight is 330 g/mol. The van der Waals surface area contributed by atoms with E-state index in [2.05, 4.69) is 10.2 Å². The molecule has 1 fully saturated rings. The molecule has 0 bridgehead atoms. The number of rotatable bonds is 4. The van der Waals surface area contributed by atoms with Crippen LogP contribution in [-0.4, -0.2) is 42.6 Å². The molecule has 1 N–H and O–H groups in total. The molecule has 1 aromatic rings. The van der Waals surface area contributed by atoms with Gasteiger partial charge in [-0.15, -0.1) is 0 Å². The van der Waals surface area contributed by atoms with E-state index in [1.807, 2.05) is 13.8 Å². The zero-order valence-electron chi connectivity index (χ0n) is 13.2. The summed E-state index contributed by atoms with van der Waals surface area (Å²) in [5, 5.41) is 2.52. The van der Waals surface area contributed by atoms with Gasteiger partial charge in [0, 0.05) is 31.7 Å². The molecule has 128 valence electrons. The number of carbonyl (C=O) groups is 1. The van der Waals surface area contributed by atoms with Crippen LogP contribution in [0.1, 0.15) is 25.8 Å². The van der Waals surface area contributed by atoms with E-state index in [9.17, 15) is 18.0 Å². The van der Waals surface area contributed by atoms with Crippen molar-refractivity contribution in [2.75, 3.05) is 25.0 Å². The summed E-state index contributed by atoms with van der Waals surface area (Å²) >= 11 is 0. The summed E-state index contributed by atoms with van der Waals surface area (Å²) in [6.07, 6.45) is -3.95. The van der Waals surface area contributed by atoms with Crippen LogP contribution in [-0.2, 0) is 15.7 Å². The third kappa shape index (κ3) is 5.51. The Morgan fingerprint density at radius 2 is 1.96 bits per heavy atom. The molecule has 2 rings (SSSR count). The van der Waals surface area contributed by atoms with Crippen LogP contribution >= 0.6 is 0 Å². The molecule has 1 amide bonds. The van der Waals surface area contributed by atoms with E-state index in [0.29, 0.717) is 6.54 Å². The van der Waals surface area contributed by atoms with Gasteiger partial charge in [0.25, 0.3) is 0 Å². The molecule has 0 spiro atoms. The van der Waals surface area contributed by atoms with Crippen LogP contribution in [0.15, 0.2) is 24.3 Å². The van der Waals surface area contributed by atoms with Crippen LogP contribution in [0.2, 0.25) is 0 Å². The van der Waals surface area contributed by atoms with Crippen LogP contribution in [0, 0.1) is 0 Å². The zero-order valence-corrected chi connectivity index (χ0v) is 13.2. The maximum atomic E-state index is 12.6. The summed E-state index contributed by atoms with van der Waals surface area (Å²) in [5.41, 5.74) is -0.611. The minimum absolute atomic E-state index is 0.116. The minimum Gasteiger partial charge on any atom is -0.373 e. The number of ether oxygens (including phenoxy) is 1. The van der Waals surface area contributed by atoms with E-state index >= 15 is 0 Å². The first kappa shape index (κ1) is 17.7. The number of hydrogen-bond donors (Lipinski definition) is 1. The lowest BCUT2D eigenvalue weighted by Crippen LogP contribution is -2.46. The van der Waals surface area contributed by atoms with Crippen LogP contribution in [0.4, 0.5) is 18.9 Å². The number of carbonyl (C=O) groups excluding carboxylic acids is 1. The highest BCUT2D eigenvalue weighted by atomic mass is 19.4. The topological polar surface area (TPSA) is 41.6 Å². The standard InChI is InChI=1S/C16H21F3N2O2/c1-11-9-21(10-12(2)23-11)7-6-15(22)20-14-5-3-4-13(8-14)16(17,18)19/h3-5,8,11-12H,6-7,9-10H2,1-2H3,(H,20,22). The van der Waals surface area contributed by atoms with Crippen LogP contribution in [0.5, 0.6) is 0 Å². The summed E-state index contributed by atoms with van der Waals surface area (Å²) in [5.74, 6) is -0.295. The van der Waals surface area contributed by atoms with Crippen molar-refractivity contribution in [3.8, 4) is 0 Å². The molecule has 1 saturated heterocycles. The summed E-state index contributed by atoms with van der Waals surface area (Å²) in [6.45, 7) is 6.02. The average Bonchev–Trinajstić information content (AvgIpc) is 2.43. The second-order valence-corrected chi connectivity index (χ2v) is 5.89. The van der Waals surface area contributed by atoms with Gasteiger partial charge >= 0.3 is 6.18 Å². The SMILES string of the molecule is CC1CN(CCC(=O)Nc2cccc(C(F)(F)F)c2)CC(C)O1. The third-order valence-electron chi connectivity index (χ3n) is 3.62.